The van der Waals surface area contributed by atoms with E-state index in [0.717, 1.165) is 35.4 Å². The number of hydrogen-bond acceptors (Lipinski definition) is 4. The fourth-order valence-electron chi connectivity index (χ4n) is 3.71. The summed E-state index contributed by atoms with van der Waals surface area (Å²) in [5.41, 5.74) is 4.91. The summed E-state index contributed by atoms with van der Waals surface area (Å²) in [5.74, 6) is 1.98. The minimum absolute atomic E-state index is 0.0539. The fourth-order valence-corrected chi connectivity index (χ4v) is 3.71. The molecule has 0 saturated heterocycles. The molecule has 31 heavy (non-hydrogen) atoms. The zero-order chi connectivity index (χ0) is 22.0. The number of carbonyl (C=O) groups excluding carboxylic acids is 1. The van der Waals surface area contributed by atoms with Crippen LogP contribution >= 0.6 is 0 Å². The molecule has 3 aromatic rings. The molecule has 1 aromatic heterocycles. The Morgan fingerprint density at radius 2 is 1.90 bits per heavy atom. The molecule has 0 atom stereocenters. The molecule has 0 radical (unpaired) electrons. The molecular formula is C26H30N2O3. The van der Waals surface area contributed by atoms with Gasteiger partial charge in [0.05, 0.1) is 11.3 Å². The van der Waals surface area contributed by atoms with Gasteiger partial charge in [-0.1, -0.05) is 49.3 Å². The summed E-state index contributed by atoms with van der Waals surface area (Å²) in [4.78, 5) is 15.3. The van der Waals surface area contributed by atoms with E-state index in [1.165, 1.54) is 5.56 Å². The van der Waals surface area contributed by atoms with Crippen molar-refractivity contribution in [3.63, 3.8) is 0 Å². The SMILES string of the molecule is Cc1noc(C)c1COc1cccc(C(=O)N(Cc2ccc(C(C)C)cc2)C2CC2)c1. The standard InChI is InChI=1S/C26H30N2O3/c1-17(2)21-10-8-20(9-11-21)15-28(23-12-13-23)26(29)22-6-5-7-24(14-22)30-16-25-18(3)27-31-19(25)4/h5-11,14,17,23H,12-13,15-16H2,1-4H3. The van der Waals surface area contributed by atoms with Gasteiger partial charge in [0.2, 0.25) is 0 Å². The van der Waals surface area contributed by atoms with Crippen molar-refractivity contribution in [2.75, 3.05) is 0 Å². The number of aryl methyl sites for hydroxylation is 2. The van der Waals surface area contributed by atoms with Crippen molar-refractivity contribution in [2.45, 2.75) is 65.6 Å². The highest BCUT2D eigenvalue weighted by atomic mass is 16.5. The van der Waals surface area contributed by atoms with Gasteiger partial charge in [-0.25, -0.2) is 0 Å². The summed E-state index contributed by atoms with van der Waals surface area (Å²) in [6.45, 7) is 9.15. The van der Waals surface area contributed by atoms with Gasteiger partial charge < -0.3 is 14.2 Å². The molecule has 1 aliphatic rings. The normalized spacial score (nSPS) is 13.5. The predicted octanol–water partition coefficient (Wildman–Crippen LogP) is 5.80. The molecule has 0 spiro atoms. The lowest BCUT2D eigenvalue weighted by molar-refractivity contribution is 0.0729. The van der Waals surface area contributed by atoms with E-state index >= 15 is 0 Å². The van der Waals surface area contributed by atoms with Gasteiger partial charge in [-0.2, -0.15) is 0 Å². The van der Waals surface area contributed by atoms with E-state index in [-0.39, 0.29) is 5.91 Å². The van der Waals surface area contributed by atoms with Crippen LogP contribution in [0.4, 0.5) is 0 Å². The second-order valence-corrected chi connectivity index (χ2v) is 8.68. The van der Waals surface area contributed by atoms with Crippen molar-refractivity contribution < 1.29 is 14.1 Å². The van der Waals surface area contributed by atoms with Gasteiger partial charge >= 0.3 is 0 Å². The summed E-state index contributed by atoms with van der Waals surface area (Å²) in [7, 11) is 0. The van der Waals surface area contributed by atoms with Crippen molar-refractivity contribution in [2.24, 2.45) is 0 Å². The number of carbonyl (C=O) groups is 1. The first-order valence-corrected chi connectivity index (χ1v) is 11.0. The summed E-state index contributed by atoms with van der Waals surface area (Å²) >= 11 is 0. The van der Waals surface area contributed by atoms with E-state index in [0.29, 0.717) is 36.4 Å². The van der Waals surface area contributed by atoms with Crippen LogP contribution in [0.5, 0.6) is 5.75 Å². The molecule has 2 aromatic carbocycles. The van der Waals surface area contributed by atoms with Crippen LogP contribution in [-0.4, -0.2) is 22.0 Å². The van der Waals surface area contributed by atoms with Crippen LogP contribution in [0.2, 0.25) is 0 Å². The molecule has 1 aliphatic carbocycles. The van der Waals surface area contributed by atoms with E-state index < -0.39 is 0 Å². The van der Waals surface area contributed by atoms with Crippen LogP contribution in [0.3, 0.4) is 0 Å². The molecule has 1 heterocycles. The van der Waals surface area contributed by atoms with Crippen molar-refractivity contribution in [1.29, 1.82) is 0 Å². The first-order chi connectivity index (χ1) is 14.9. The highest BCUT2D eigenvalue weighted by Crippen LogP contribution is 2.31. The third-order valence-electron chi connectivity index (χ3n) is 5.89. The lowest BCUT2D eigenvalue weighted by atomic mass is 10.0. The van der Waals surface area contributed by atoms with Crippen LogP contribution in [0.1, 0.15) is 71.1 Å². The zero-order valence-electron chi connectivity index (χ0n) is 18.7. The first-order valence-electron chi connectivity index (χ1n) is 11.0. The monoisotopic (exact) mass is 418 g/mol. The highest BCUT2D eigenvalue weighted by Gasteiger charge is 2.33. The summed E-state index contributed by atoms with van der Waals surface area (Å²) in [5, 5.41) is 3.96. The topological polar surface area (TPSA) is 55.6 Å². The van der Waals surface area contributed by atoms with E-state index in [1.54, 1.807) is 0 Å². The summed E-state index contributed by atoms with van der Waals surface area (Å²) in [6, 6.07) is 16.4. The Balaban J connectivity index is 1.47. The summed E-state index contributed by atoms with van der Waals surface area (Å²) < 4.78 is 11.1. The van der Waals surface area contributed by atoms with E-state index in [4.69, 9.17) is 9.26 Å². The number of amides is 1. The Kier molecular flexibility index (Phi) is 6.12. The number of aromatic nitrogens is 1. The molecule has 1 fully saturated rings. The number of hydrogen-bond donors (Lipinski definition) is 0. The minimum Gasteiger partial charge on any atom is -0.489 e. The molecule has 5 heteroatoms. The zero-order valence-corrected chi connectivity index (χ0v) is 18.7. The smallest absolute Gasteiger partial charge is 0.254 e. The minimum atomic E-state index is 0.0539. The quantitative estimate of drug-likeness (QED) is 0.464. The van der Waals surface area contributed by atoms with Crippen LogP contribution in [0.15, 0.2) is 53.1 Å². The fraction of sp³-hybridized carbons (Fsp3) is 0.385. The van der Waals surface area contributed by atoms with Crippen molar-refractivity contribution in [3.05, 3.63) is 82.2 Å². The molecule has 1 saturated carbocycles. The molecule has 1 amide bonds. The second-order valence-electron chi connectivity index (χ2n) is 8.68. The average molecular weight is 419 g/mol. The van der Waals surface area contributed by atoms with Crippen LogP contribution in [0.25, 0.3) is 0 Å². The van der Waals surface area contributed by atoms with Crippen molar-refractivity contribution in [1.82, 2.24) is 10.1 Å². The number of ether oxygens (including phenoxy) is 1. The van der Waals surface area contributed by atoms with E-state index in [1.807, 2.05) is 43.0 Å². The average Bonchev–Trinajstić information content (AvgIpc) is 3.56. The van der Waals surface area contributed by atoms with E-state index in [2.05, 4.69) is 43.3 Å². The Hall–Kier alpha value is -3.08. The van der Waals surface area contributed by atoms with E-state index in [9.17, 15) is 4.79 Å². The molecule has 5 nitrogen and oxygen atoms in total. The van der Waals surface area contributed by atoms with Gasteiger partial charge in [0, 0.05) is 18.2 Å². The van der Waals surface area contributed by atoms with Gasteiger partial charge in [0.1, 0.15) is 18.1 Å². The number of nitrogens with zero attached hydrogens (tertiary/aromatic N) is 2. The van der Waals surface area contributed by atoms with Crippen LogP contribution in [0, 0.1) is 13.8 Å². The van der Waals surface area contributed by atoms with Crippen molar-refractivity contribution >= 4 is 5.91 Å². The lowest BCUT2D eigenvalue weighted by Crippen LogP contribution is -2.32. The lowest BCUT2D eigenvalue weighted by Gasteiger charge is -2.23. The maximum Gasteiger partial charge on any atom is 0.254 e. The van der Waals surface area contributed by atoms with Gasteiger partial charge in [0.25, 0.3) is 5.91 Å². The second kappa shape index (κ2) is 8.96. The van der Waals surface area contributed by atoms with Gasteiger partial charge in [-0.15, -0.1) is 0 Å². The largest absolute Gasteiger partial charge is 0.489 e. The van der Waals surface area contributed by atoms with Gasteiger partial charge in [-0.3, -0.25) is 4.79 Å². The third-order valence-corrected chi connectivity index (χ3v) is 5.89. The van der Waals surface area contributed by atoms with Crippen LogP contribution in [-0.2, 0) is 13.2 Å². The molecule has 0 N–H and O–H groups in total. The van der Waals surface area contributed by atoms with Crippen LogP contribution < -0.4 is 4.74 Å². The van der Waals surface area contributed by atoms with Gasteiger partial charge in [-0.05, 0) is 61.9 Å². The summed E-state index contributed by atoms with van der Waals surface area (Å²) in [6.07, 6.45) is 2.14. The molecule has 162 valence electrons. The third kappa shape index (κ3) is 4.98. The number of rotatable bonds is 8. The molecule has 4 rings (SSSR count). The Morgan fingerprint density at radius 3 is 2.52 bits per heavy atom. The molecule has 0 unspecified atom stereocenters. The molecular weight excluding hydrogens is 388 g/mol. The predicted molar refractivity (Wildman–Crippen MR) is 120 cm³/mol. The Morgan fingerprint density at radius 1 is 1.16 bits per heavy atom. The number of benzene rings is 2. The Labute approximate surface area is 184 Å². The maximum absolute atomic E-state index is 13.3. The molecule has 0 aliphatic heterocycles. The Bertz CT molecular complexity index is 1030. The van der Waals surface area contributed by atoms with Crippen molar-refractivity contribution in [3.8, 4) is 5.75 Å². The molecule has 0 bridgehead atoms. The first kappa shape index (κ1) is 21.2. The maximum atomic E-state index is 13.3. The highest BCUT2D eigenvalue weighted by molar-refractivity contribution is 5.95. The van der Waals surface area contributed by atoms with Gasteiger partial charge in [0.15, 0.2) is 0 Å².